The number of aromatic nitrogens is 1. The van der Waals surface area contributed by atoms with Gasteiger partial charge in [-0.15, -0.1) is 0 Å². The second-order valence-corrected chi connectivity index (χ2v) is 4.49. The highest BCUT2D eigenvalue weighted by atomic mass is 14.9. The van der Waals surface area contributed by atoms with Crippen molar-refractivity contribution in [3.05, 3.63) is 18.3 Å². The summed E-state index contributed by atoms with van der Waals surface area (Å²) in [5.74, 6) is 0.574. The molecule has 3 nitrogen and oxygen atoms in total. The van der Waals surface area contributed by atoms with Crippen LogP contribution >= 0.6 is 0 Å². The summed E-state index contributed by atoms with van der Waals surface area (Å²) in [5, 5.41) is 3.40. The van der Waals surface area contributed by atoms with Crippen molar-refractivity contribution < 1.29 is 0 Å². The number of pyridine rings is 1. The minimum atomic E-state index is 0.501. The van der Waals surface area contributed by atoms with Crippen molar-refractivity contribution in [3.63, 3.8) is 0 Å². The van der Waals surface area contributed by atoms with Gasteiger partial charge in [0.05, 0.1) is 11.9 Å². The van der Waals surface area contributed by atoms with E-state index in [-0.39, 0.29) is 0 Å². The number of anilines is 2. The van der Waals surface area contributed by atoms with Gasteiger partial charge in [0.1, 0.15) is 5.82 Å². The first-order valence-corrected chi connectivity index (χ1v) is 5.13. The van der Waals surface area contributed by atoms with Crippen molar-refractivity contribution in [2.75, 3.05) is 17.6 Å². The molecule has 3 heteroatoms. The molecule has 0 atom stereocenters. The molecule has 0 radical (unpaired) electrons. The second-order valence-electron chi connectivity index (χ2n) is 4.49. The SMILES string of the molecule is CC1(CNc2ccc(N)nc2)CCC1. The number of nitrogens with zero attached hydrogens (tertiary/aromatic N) is 1. The molecule has 14 heavy (non-hydrogen) atoms. The van der Waals surface area contributed by atoms with Crippen LogP contribution in [0.15, 0.2) is 18.3 Å². The van der Waals surface area contributed by atoms with E-state index in [0.717, 1.165) is 12.2 Å². The maximum absolute atomic E-state index is 5.51. The topological polar surface area (TPSA) is 50.9 Å². The number of nitrogen functional groups attached to an aromatic ring is 1. The highest BCUT2D eigenvalue weighted by Gasteiger charge is 2.31. The van der Waals surface area contributed by atoms with E-state index < -0.39 is 0 Å². The number of hydrogen-bond donors (Lipinski definition) is 2. The molecule has 76 valence electrons. The Labute approximate surface area is 84.7 Å². The fourth-order valence-corrected chi connectivity index (χ4v) is 1.78. The molecule has 1 aliphatic rings. The smallest absolute Gasteiger partial charge is 0.123 e. The van der Waals surface area contributed by atoms with Gasteiger partial charge in [-0.1, -0.05) is 13.3 Å². The van der Waals surface area contributed by atoms with E-state index in [1.54, 1.807) is 6.20 Å². The van der Waals surface area contributed by atoms with Gasteiger partial charge in [0.2, 0.25) is 0 Å². The molecule has 0 aromatic carbocycles. The second kappa shape index (κ2) is 3.48. The van der Waals surface area contributed by atoms with Crippen LogP contribution in [0, 0.1) is 5.41 Å². The Morgan fingerprint density at radius 1 is 1.50 bits per heavy atom. The van der Waals surface area contributed by atoms with E-state index in [4.69, 9.17) is 5.73 Å². The zero-order valence-corrected chi connectivity index (χ0v) is 8.59. The van der Waals surface area contributed by atoms with Crippen LogP contribution in [0.5, 0.6) is 0 Å². The predicted octanol–water partition coefficient (Wildman–Crippen LogP) is 2.27. The third-order valence-corrected chi connectivity index (χ3v) is 3.07. The molecular formula is C11H17N3. The van der Waals surface area contributed by atoms with E-state index in [1.165, 1.54) is 19.3 Å². The van der Waals surface area contributed by atoms with Gasteiger partial charge in [0.25, 0.3) is 0 Å². The lowest BCUT2D eigenvalue weighted by Crippen LogP contribution is -2.33. The van der Waals surface area contributed by atoms with E-state index in [9.17, 15) is 0 Å². The summed E-state index contributed by atoms with van der Waals surface area (Å²) in [6.07, 6.45) is 5.83. The predicted molar refractivity (Wildman–Crippen MR) is 59.1 cm³/mol. The Hall–Kier alpha value is -1.25. The first-order valence-electron chi connectivity index (χ1n) is 5.13. The number of rotatable bonds is 3. The molecule has 0 aliphatic heterocycles. The summed E-state index contributed by atoms with van der Waals surface area (Å²) in [6.45, 7) is 3.37. The minimum absolute atomic E-state index is 0.501. The van der Waals surface area contributed by atoms with Gasteiger partial charge in [0.15, 0.2) is 0 Å². The van der Waals surface area contributed by atoms with E-state index >= 15 is 0 Å². The van der Waals surface area contributed by atoms with Gasteiger partial charge < -0.3 is 11.1 Å². The van der Waals surface area contributed by atoms with E-state index in [2.05, 4.69) is 17.2 Å². The molecule has 0 saturated heterocycles. The van der Waals surface area contributed by atoms with Gasteiger partial charge in [0, 0.05) is 6.54 Å². The number of nitrogens with two attached hydrogens (primary N) is 1. The van der Waals surface area contributed by atoms with Gasteiger partial charge in [-0.25, -0.2) is 4.98 Å². The molecule has 1 aromatic heterocycles. The van der Waals surface area contributed by atoms with Crippen molar-refractivity contribution in [1.82, 2.24) is 4.98 Å². The van der Waals surface area contributed by atoms with Crippen molar-refractivity contribution in [2.45, 2.75) is 26.2 Å². The molecule has 0 unspecified atom stereocenters. The standard InChI is InChI=1S/C11H17N3/c1-11(5-2-6-11)8-14-9-3-4-10(12)13-7-9/h3-4,7,14H,2,5-6,8H2,1H3,(H2,12,13). The zero-order valence-electron chi connectivity index (χ0n) is 8.59. The third kappa shape index (κ3) is 1.97. The highest BCUT2D eigenvalue weighted by molar-refractivity contribution is 5.45. The number of nitrogens with one attached hydrogen (secondary N) is 1. The quantitative estimate of drug-likeness (QED) is 0.770. The lowest BCUT2D eigenvalue weighted by Gasteiger charge is -2.38. The Balaban J connectivity index is 1.88. The third-order valence-electron chi connectivity index (χ3n) is 3.07. The molecule has 1 aliphatic carbocycles. The van der Waals surface area contributed by atoms with Crippen LogP contribution in [0.4, 0.5) is 11.5 Å². The molecule has 0 bridgehead atoms. The average Bonchev–Trinajstić information content (AvgIpc) is 2.14. The molecule has 1 aromatic rings. The van der Waals surface area contributed by atoms with Crippen molar-refractivity contribution in [1.29, 1.82) is 0 Å². The fourth-order valence-electron chi connectivity index (χ4n) is 1.78. The lowest BCUT2D eigenvalue weighted by atomic mass is 9.70. The monoisotopic (exact) mass is 191 g/mol. The first kappa shape index (κ1) is 9.31. The molecule has 3 N–H and O–H groups in total. The van der Waals surface area contributed by atoms with Gasteiger partial charge in [-0.2, -0.15) is 0 Å². The van der Waals surface area contributed by atoms with Crippen LogP contribution in [0.25, 0.3) is 0 Å². The Bertz CT molecular complexity index is 301. The summed E-state index contributed by atoms with van der Waals surface area (Å²) in [7, 11) is 0. The number of hydrogen-bond acceptors (Lipinski definition) is 3. The van der Waals surface area contributed by atoms with Crippen LogP contribution in [0.2, 0.25) is 0 Å². The van der Waals surface area contributed by atoms with Crippen LogP contribution in [-0.4, -0.2) is 11.5 Å². The van der Waals surface area contributed by atoms with Gasteiger partial charge in [-0.3, -0.25) is 0 Å². The fraction of sp³-hybridized carbons (Fsp3) is 0.545. The molecule has 1 fully saturated rings. The van der Waals surface area contributed by atoms with Crippen LogP contribution in [0.3, 0.4) is 0 Å². The summed E-state index contributed by atoms with van der Waals surface area (Å²) >= 11 is 0. The van der Waals surface area contributed by atoms with Crippen molar-refractivity contribution in [2.24, 2.45) is 5.41 Å². The Morgan fingerprint density at radius 3 is 2.79 bits per heavy atom. The molecule has 1 saturated carbocycles. The van der Waals surface area contributed by atoms with Crippen LogP contribution < -0.4 is 11.1 Å². The minimum Gasteiger partial charge on any atom is -0.384 e. The summed E-state index contributed by atoms with van der Waals surface area (Å²) in [4.78, 5) is 4.04. The molecule has 2 rings (SSSR count). The van der Waals surface area contributed by atoms with E-state index in [1.807, 2.05) is 12.1 Å². The lowest BCUT2D eigenvalue weighted by molar-refractivity contribution is 0.180. The maximum Gasteiger partial charge on any atom is 0.123 e. The van der Waals surface area contributed by atoms with Crippen LogP contribution in [-0.2, 0) is 0 Å². The van der Waals surface area contributed by atoms with Crippen molar-refractivity contribution in [3.8, 4) is 0 Å². The first-order chi connectivity index (χ1) is 6.68. The van der Waals surface area contributed by atoms with Crippen LogP contribution in [0.1, 0.15) is 26.2 Å². The molecular weight excluding hydrogens is 174 g/mol. The zero-order chi connectivity index (χ0) is 10.0. The Morgan fingerprint density at radius 2 is 2.29 bits per heavy atom. The Kier molecular flexibility index (Phi) is 2.32. The molecule has 0 amide bonds. The summed E-state index contributed by atoms with van der Waals surface area (Å²) in [6, 6.07) is 3.80. The molecule has 0 spiro atoms. The van der Waals surface area contributed by atoms with Gasteiger partial charge >= 0.3 is 0 Å². The highest BCUT2D eigenvalue weighted by Crippen LogP contribution is 2.40. The molecule has 1 heterocycles. The van der Waals surface area contributed by atoms with Crippen molar-refractivity contribution >= 4 is 11.5 Å². The normalized spacial score (nSPS) is 18.6. The summed E-state index contributed by atoms with van der Waals surface area (Å²) in [5.41, 5.74) is 7.07. The average molecular weight is 191 g/mol. The summed E-state index contributed by atoms with van der Waals surface area (Å²) < 4.78 is 0. The maximum atomic E-state index is 5.51. The van der Waals surface area contributed by atoms with Gasteiger partial charge in [-0.05, 0) is 30.4 Å². The largest absolute Gasteiger partial charge is 0.384 e. The van der Waals surface area contributed by atoms with E-state index in [0.29, 0.717) is 11.2 Å².